The highest BCUT2D eigenvalue weighted by Crippen LogP contribution is 2.12. The third-order valence-electron chi connectivity index (χ3n) is 2.34. The predicted octanol–water partition coefficient (Wildman–Crippen LogP) is -0.305. The van der Waals surface area contributed by atoms with Crippen molar-refractivity contribution in [2.45, 2.75) is 25.9 Å². The van der Waals surface area contributed by atoms with Crippen molar-refractivity contribution in [2.75, 3.05) is 19.7 Å². The fraction of sp³-hybridized carbons (Fsp3) is 0.778. The fourth-order valence-corrected chi connectivity index (χ4v) is 1.71. The Balaban J connectivity index is 2.51. The molecule has 0 aliphatic carbocycles. The van der Waals surface area contributed by atoms with E-state index < -0.39 is 0 Å². The standard InChI is InChI=1S/C9H19N5O/c1-2-15-7-4-3-5-14(6-7)9(12)13-8(10)11/h7H,2-6H2,1H3,(H5,10,11,12,13). The van der Waals surface area contributed by atoms with Crippen LogP contribution in [0.5, 0.6) is 0 Å². The summed E-state index contributed by atoms with van der Waals surface area (Å²) in [6.07, 6.45) is 2.29. The van der Waals surface area contributed by atoms with E-state index in [0.29, 0.717) is 12.6 Å². The summed E-state index contributed by atoms with van der Waals surface area (Å²) in [7, 11) is 0. The molecular weight excluding hydrogens is 194 g/mol. The molecule has 6 nitrogen and oxygen atoms in total. The molecule has 0 bridgehead atoms. The van der Waals surface area contributed by atoms with Gasteiger partial charge in [-0.25, -0.2) is 0 Å². The molecule has 0 aromatic rings. The van der Waals surface area contributed by atoms with Gasteiger partial charge in [-0.1, -0.05) is 0 Å². The zero-order valence-corrected chi connectivity index (χ0v) is 9.07. The van der Waals surface area contributed by atoms with Gasteiger partial charge in [0.05, 0.1) is 6.10 Å². The Kier molecular flexibility index (Phi) is 4.36. The van der Waals surface area contributed by atoms with Crippen molar-refractivity contribution in [3.63, 3.8) is 0 Å². The number of hydrogen-bond acceptors (Lipinski definition) is 2. The highest BCUT2D eigenvalue weighted by atomic mass is 16.5. The second-order valence-electron chi connectivity index (χ2n) is 3.52. The van der Waals surface area contributed by atoms with Crippen LogP contribution in [0.2, 0.25) is 0 Å². The Morgan fingerprint density at radius 3 is 2.93 bits per heavy atom. The maximum absolute atomic E-state index is 7.03. The van der Waals surface area contributed by atoms with Crippen molar-refractivity contribution in [2.24, 2.45) is 16.5 Å². The van der Waals surface area contributed by atoms with E-state index >= 15 is 0 Å². The van der Waals surface area contributed by atoms with Crippen LogP contribution < -0.4 is 11.5 Å². The van der Waals surface area contributed by atoms with E-state index in [9.17, 15) is 0 Å². The van der Waals surface area contributed by atoms with E-state index in [1.807, 2.05) is 11.8 Å². The average molecular weight is 213 g/mol. The van der Waals surface area contributed by atoms with Gasteiger partial charge in [0.25, 0.3) is 0 Å². The number of nitrogens with two attached hydrogens (primary N) is 2. The second kappa shape index (κ2) is 5.55. The lowest BCUT2D eigenvalue weighted by Gasteiger charge is -2.32. The number of rotatable bonds is 2. The van der Waals surface area contributed by atoms with Crippen molar-refractivity contribution in [3.8, 4) is 0 Å². The zero-order chi connectivity index (χ0) is 11.3. The third kappa shape index (κ3) is 3.75. The fourth-order valence-electron chi connectivity index (χ4n) is 1.71. The van der Waals surface area contributed by atoms with Crippen molar-refractivity contribution < 1.29 is 4.74 Å². The van der Waals surface area contributed by atoms with Gasteiger partial charge in [-0.3, -0.25) is 5.41 Å². The van der Waals surface area contributed by atoms with Gasteiger partial charge in [0, 0.05) is 19.7 Å². The van der Waals surface area contributed by atoms with Crippen LogP contribution in [-0.4, -0.2) is 42.6 Å². The third-order valence-corrected chi connectivity index (χ3v) is 2.34. The Morgan fingerprint density at radius 1 is 1.60 bits per heavy atom. The topological polar surface area (TPSA) is 101 Å². The summed E-state index contributed by atoms with van der Waals surface area (Å²) < 4.78 is 5.53. The molecule has 1 saturated heterocycles. The number of hydrogen-bond donors (Lipinski definition) is 3. The molecule has 15 heavy (non-hydrogen) atoms. The maximum Gasteiger partial charge on any atom is 0.215 e. The van der Waals surface area contributed by atoms with Gasteiger partial charge in [-0.15, -0.1) is 0 Å². The number of nitrogens with one attached hydrogen (secondary N) is 1. The lowest BCUT2D eigenvalue weighted by atomic mass is 10.1. The van der Waals surface area contributed by atoms with Gasteiger partial charge in [0.1, 0.15) is 0 Å². The normalized spacial score (nSPS) is 22.9. The quantitative estimate of drug-likeness (QED) is 0.433. The van der Waals surface area contributed by atoms with Crippen LogP contribution in [0, 0.1) is 5.41 Å². The van der Waals surface area contributed by atoms with Gasteiger partial charge in [-0.05, 0) is 19.8 Å². The van der Waals surface area contributed by atoms with Crippen LogP contribution >= 0.6 is 0 Å². The van der Waals surface area contributed by atoms with Crippen LogP contribution in [0.4, 0.5) is 0 Å². The van der Waals surface area contributed by atoms with Gasteiger partial charge < -0.3 is 21.1 Å². The number of nitrogens with zero attached hydrogens (tertiary/aromatic N) is 2. The van der Waals surface area contributed by atoms with Gasteiger partial charge in [-0.2, -0.15) is 4.99 Å². The minimum absolute atomic E-state index is 0.212. The molecule has 5 N–H and O–H groups in total. The summed E-state index contributed by atoms with van der Waals surface area (Å²) >= 11 is 0. The van der Waals surface area contributed by atoms with Gasteiger partial charge in [0.2, 0.25) is 5.96 Å². The molecule has 0 saturated carbocycles. The highest BCUT2D eigenvalue weighted by Gasteiger charge is 2.21. The zero-order valence-electron chi connectivity index (χ0n) is 9.07. The minimum Gasteiger partial charge on any atom is -0.377 e. The molecule has 1 fully saturated rings. The van der Waals surface area contributed by atoms with E-state index in [2.05, 4.69) is 4.99 Å². The summed E-state index contributed by atoms with van der Waals surface area (Å²) in [4.78, 5) is 5.63. The Hall–Kier alpha value is -1.30. The molecule has 0 aromatic heterocycles. The first-order valence-corrected chi connectivity index (χ1v) is 5.18. The molecule has 1 atom stereocenters. The van der Waals surface area contributed by atoms with Crippen LogP contribution in [0.25, 0.3) is 0 Å². The van der Waals surface area contributed by atoms with Crippen LogP contribution in [-0.2, 0) is 4.74 Å². The first-order valence-electron chi connectivity index (χ1n) is 5.18. The Morgan fingerprint density at radius 2 is 2.33 bits per heavy atom. The van der Waals surface area contributed by atoms with Crippen molar-refractivity contribution in [1.82, 2.24) is 4.90 Å². The molecule has 6 heteroatoms. The predicted molar refractivity (Wildman–Crippen MR) is 59.8 cm³/mol. The molecular formula is C9H19N5O. The number of piperidine rings is 1. The maximum atomic E-state index is 7.03. The monoisotopic (exact) mass is 213 g/mol. The minimum atomic E-state index is -0.258. The summed E-state index contributed by atoms with van der Waals surface area (Å²) in [5.41, 5.74) is 10.9. The van der Waals surface area contributed by atoms with E-state index in [-0.39, 0.29) is 12.1 Å². The molecule has 1 heterocycles. The molecule has 1 aliphatic rings. The molecule has 1 unspecified atom stereocenters. The Labute approximate surface area is 89.8 Å². The second-order valence-corrected chi connectivity index (χ2v) is 3.52. The number of aliphatic imine (C=N–C) groups is 1. The largest absolute Gasteiger partial charge is 0.377 e. The number of likely N-dealkylation sites (tertiary alicyclic amines) is 1. The summed E-state index contributed by atoms with van der Waals surface area (Å²) in [5.74, 6) is 0.0536. The van der Waals surface area contributed by atoms with Crippen LogP contribution in [0.3, 0.4) is 0 Å². The molecule has 0 amide bonds. The molecule has 0 aromatic carbocycles. The van der Waals surface area contributed by atoms with E-state index in [0.717, 1.165) is 25.9 Å². The Bertz CT molecular complexity index is 251. The highest BCUT2D eigenvalue weighted by molar-refractivity contribution is 5.91. The summed E-state index contributed by atoms with van der Waals surface area (Å²) in [5, 5.41) is 7.03. The smallest absolute Gasteiger partial charge is 0.215 e. The first-order chi connectivity index (χ1) is 7.13. The average Bonchev–Trinajstić information content (AvgIpc) is 2.17. The molecule has 1 rings (SSSR count). The van der Waals surface area contributed by atoms with Crippen LogP contribution in [0.1, 0.15) is 19.8 Å². The lowest BCUT2D eigenvalue weighted by molar-refractivity contribution is 0.0233. The SMILES string of the molecule is CCOC1CCCN(/C(N)=N/C(=N)N)C1. The van der Waals surface area contributed by atoms with Crippen molar-refractivity contribution in [3.05, 3.63) is 0 Å². The lowest BCUT2D eigenvalue weighted by Crippen LogP contribution is -2.47. The van der Waals surface area contributed by atoms with E-state index in [4.69, 9.17) is 21.6 Å². The van der Waals surface area contributed by atoms with Crippen LogP contribution in [0.15, 0.2) is 4.99 Å². The van der Waals surface area contributed by atoms with Gasteiger partial charge in [0.15, 0.2) is 5.96 Å². The number of guanidine groups is 2. The molecule has 86 valence electrons. The van der Waals surface area contributed by atoms with Gasteiger partial charge >= 0.3 is 0 Å². The summed E-state index contributed by atoms with van der Waals surface area (Å²) in [6, 6.07) is 0. The first kappa shape index (κ1) is 11.8. The number of ether oxygens (including phenoxy) is 1. The van der Waals surface area contributed by atoms with Crippen molar-refractivity contribution in [1.29, 1.82) is 5.41 Å². The van der Waals surface area contributed by atoms with Crippen molar-refractivity contribution >= 4 is 11.9 Å². The van der Waals surface area contributed by atoms with E-state index in [1.54, 1.807) is 0 Å². The molecule has 0 radical (unpaired) electrons. The summed E-state index contributed by atoms with van der Waals surface area (Å²) in [6.45, 7) is 4.27. The molecule has 1 aliphatic heterocycles. The van der Waals surface area contributed by atoms with E-state index in [1.165, 1.54) is 0 Å². The molecule has 0 spiro atoms.